The van der Waals surface area contributed by atoms with Crippen LogP contribution in [0.2, 0.25) is 0 Å². The van der Waals surface area contributed by atoms with Crippen LogP contribution in [0.1, 0.15) is 47.0 Å². The molecule has 3 rings (SSSR count). The molecule has 2 heterocycles. The number of hydrogen-bond donors (Lipinski definition) is 0. The van der Waals surface area contributed by atoms with Crippen LogP contribution in [0.3, 0.4) is 0 Å². The van der Waals surface area contributed by atoms with Gasteiger partial charge in [0.2, 0.25) is 5.91 Å². The van der Waals surface area contributed by atoms with E-state index in [2.05, 4.69) is 20.8 Å². The van der Waals surface area contributed by atoms with Crippen molar-refractivity contribution in [3.63, 3.8) is 0 Å². The molecule has 0 N–H and O–H groups in total. The summed E-state index contributed by atoms with van der Waals surface area (Å²) in [7, 11) is 1.89. The first-order valence-electron chi connectivity index (χ1n) is 8.53. The van der Waals surface area contributed by atoms with Gasteiger partial charge >= 0.3 is 0 Å². The van der Waals surface area contributed by atoms with Gasteiger partial charge in [-0.25, -0.2) is 0 Å². The van der Waals surface area contributed by atoms with Gasteiger partial charge in [0.05, 0.1) is 12.0 Å². The predicted octanol–water partition coefficient (Wildman–Crippen LogP) is 2.07. The second-order valence-corrected chi connectivity index (χ2v) is 7.81. The maximum atomic E-state index is 12.9. The number of fused-ring (bicyclic) bond motifs is 2. The molecule has 22 heavy (non-hydrogen) atoms. The van der Waals surface area contributed by atoms with Gasteiger partial charge in [-0.3, -0.25) is 9.63 Å². The van der Waals surface area contributed by atoms with Crippen LogP contribution in [0.25, 0.3) is 0 Å². The lowest BCUT2D eigenvalue weighted by molar-refractivity contribution is -0.261. The normalized spacial score (nSPS) is 45.8. The third kappa shape index (κ3) is 1.91. The Labute approximate surface area is 132 Å². The highest BCUT2D eigenvalue weighted by Gasteiger charge is 2.66. The van der Waals surface area contributed by atoms with Crippen molar-refractivity contribution >= 4 is 12.2 Å². The molecule has 6 atom stereocenters. The van der Waals surface area contributed by atoms with Crippen LogP contribution >= 0.6 is 0 Å². The smallest absolute Gasteiger partial charge is 0.244 e. The number of hydroxylamine groups is 2. The second-order valence-electron chi connectivity index (χ2n) is 7.81. The SMILES string of the molecule is CC1ON2[C@H](C(=O)N(C)[C@@]23C[C@H](C)CC[C@H]3C(C)C)[C@H]1C=O. The fourth-order valence-electron chi connectivity index (χ4n) is 5.01. The van der Waals surface area contributed by atoms with E-state index < -0.39 is 6.04 Å². The van der Waals surface area contributed by atoms with E-state index >= 15 is 0 Å². The van der Waals surface area contributed by atoms with Crippen LogP contribution in [0, 0.1) is 23.7 Å². The topological polar surface area (TPSA) is 49.9 Å². The summed E-state index contributed by atoms with van der Waals surface area (Å²) in [4.78, 5) is 32.4. The highest BCUT2D eigenvalue weighted by atomic mass is 16.7. The van der Waals surface area contributed by atoms with Crippen molar-refractivity contribution in [2.24, 2.45) is 23.7 Å². The first-order valence-corrected chi connectivity index (χ1v) is 8.53. The molecule has 5 heteroatoms. The third-order valence-corrected chi connectivity index (χ3v) is 6.16. The van der Waals surface area contributed by atoms with Crippen LogP contribution in [0.15, 0.2) is 0 Å². The Morgan fingerprint density at radius 1 is 1.32 bits per heavy atom. The molecule has 3 fully saturated rings. The molecule has 1 unspecified atom stereocenters. The van der Waals surface area contributed by atoms with E-state index in [0.29, 0.717) is 17.8 Å². The lowest BCUT2D eigenvalue weighted by Gasteiger charge is -2.52. The minimum Gasteiger partial charge on any atom is -0.323 e. The summed E-state index contributed by atoms with van der Waals surface area (Å²) >= 11 is 0. The number of carbonyl (C=O) groups is 2. The zero-order valence-electron chi connectivity index (χ0n) is 14.3. The average molecular weight is 308 g/mol. The van der Waals surface area contributed by atoms with Crippen LogP contribution in [-0.2, 0) is 14.4 Å². The number of likely N-dealkylation sites (N-methyl/N-ethyl adjacent to an activating group) is 1. The molecule has 0 aromatic rings. The Morgan fingerprint density at radius 2 is 2.00 bits per heavy atom. The average Bonchev–Trinajstić information content (AvgIpc) is 2.89. The highest BCUT2D eigenvalue weighted by molar-refractivity contribution is 5.88. The molecule has 1 spiro atoms. The molecule has 0 aromatic heterocycles. The Hall–Kier alpha value is -0.940. The lowest BCUT2D eigenvalue weighted by Crippen LogP contribution is -2.61. The second kappa shape index (κ2) is 5.31. The van der Waals surface area contributed by atoms with Gasteiger partial charge in [-0.15, -0.1) is 5.06 Å². The van der Waals surface area contributed by atoms with E-state index in [9.17, 15) is 9.59 Å². The monoisotopic (exact) mass is 308 g/mol. The zero-order valence-corrected chi connectivity index (χ0v) is 14.3. The van der Waals surface area contributed by atoms with Crippen LogP contribution in [0.4, 0.5) is 0 Å². The molecule has 1 saturated carbocycles. The van der Waals surface area contributed by atoms with Crippen molar-refractivity contribution in [1.82, 2.24) is 9.96 Å². The maximum absolute atomic E-state index is 12.9. The molecule has 1 aliphatic carbocycles. The number of rotatable bonds is 2. The first kappa shape index (κ1) is 15.9. The zero-order chi connectivity index (χ0) is 16.2. The van der Waals surface area contributed by atoms with Gasteiger partial charge in [0.15, 0.2) is 0 Å². The van der Waals surface area contributed by atoms with Crippen molar-refractivity contribution in [2.75, 3.05) is 7.05 Å². The summed E-state index contributed by atoms with van der Waals surface area (Å²) in [5.41, 5.74) is -0.389. The Kier molecular flexibility index (Phi) is 3.84. The van der Waals surface area contributed by atoms with Crippen LogP contribution < -0.4 is 0 Å². The number of amides is 1. The van der Waals surface area contributed by atoms with Gasteiger partial charge < -0.3 is 9.69 Å². The van der Waals surface area contributed by atoms with Crippen LogP contribution in [-0.4, -0.2) is 47.0 Å². The standard InChI is InChI=1S/C17H28N2O3/c1-10(2)14-7-6-11(3)8-17(14)18(5)16(21)15-13(9-20)12(4)22-19(15)17/h9-15H,6-8H2,1-5H3/t11-,12?,13+,14+,15+,17+/m1/s1. The van der Waals surface area contributed by atoms with E-state index in [1.54, 1.807) is 0 Å². The summed E-state index contributed by atoms with van der Waals surface area (Å²) in [6.07, 6.45) is 3.90. The molecule has 3 aliphatic rings. The largest absolute Gasteiger partial charge is 0.323 e. The van der Waals surface area contributed by atoms with Crippen molar-refractivity contribution in [3.8, 4) is 0 Å². The van der Waals surface area contributed by atoms with Gasteiger partial charge in [0.25, 0.3) is 0 Å². The molecule has 1 amide bonds. The minimum absolute atomic E-state index is 0.0428. The van der Waals surface area contributed by atoms with E-state index in [-0.39, 0.29) is 23.6 Å². The van der Waals surface area contributed by atoms with E-state index in [1.807, 2.05) is 23.9 Å². The fraction of sp³-hybridized carbons (Fsp3) is 0.882. The minimum atomic E-state index is -0.441. The maximum Gasteiger partial charge on any atom is 0.244 e. The van der Waals surface area contributed by atoms with Gasteiger partial charge in [0, 0.05) is 13.0 Å². The fourth-order valence-corrected chi connectivity index (χ4v) is 5.01. The quantitative estimate of drug-likeness (QED) is 0.733. The molecule has 2 aliphatic heterocycles. The molecule has 0 bridgehead atoms. The summed E-state index contributed by atoms with van der Waals surface area (Å²) in [5, 5.41) is 1.92. The van der Waals surface area contributed by atoms with Crippen molar-refractivity contribution in [2.45, 2.75) is 64.8 Å². The molecule has 2 saturated heterocycles. The number of carbonyl (C=O) groups excluding carboxylic acids is 2. The summed E-state index contributed by atoms with van der Waals surface area (Å²) in [6.45, 7) is 8.60. The van der Waals surface area contributed by atoms with Crippen molar-refractivity contribution in [1.29, 1.82) is 0 Å². The Morgan fingerprint density at radius 3 is 2.59 bits per heavy atom. The summed E-state index contributed by atoms with van der Waals surface area (Å²) in [5.74, 6) is 1.08. The van der Waals surface area contributed by atoms with E-state index in [1.165, 1.54) is 6.42 Å². The van der Waals surface area contributed by atoms with Gasteiger partial charge in [-0.2, -0.15) is 0 Å². The van der Waals surface area contributed by atoms with Gasteiger partial charge in [0.1, 0.15) is 18.0 Å². The Bertz CT molecular complexity index is 481. The highest BCUT2D eigenvalue weighted by Crippen LogP contribution is 2.53. The lowest BCUT2D eigenvalue weighted by atomic mass is 9.69. The molecule has 0 aromatic carbocycles. The molecule has 0 radical (unpaired) electrons. The third-order valence-electron chi connectivity index (χ3n) is 6.16. The van der Waals surface area contributed by atoms with Crippen molar-refractivity contribution < 1.29 is 14.4 Å². The van der Waals surface area contributed by atoms with Gasteiger partial charge in [-0.05, 0) is 31.6 Å². The Balaban J connectivity index is 2.07. The summed E-state index contributed by atoms with van der Waals surface area (Å²) in [6, 6.07) is -0.441. The van der Waals surface area contributed by atoms with Crippen LogP contribution in [0.5, 0.6) is 0 Å². The molecule has 124 valence electrons. The van der Waals surface area contributed by atoms with E-state index in [4.69, 9.17) is 4.84 Å². The number of aldehydes is 1. The molecular weight excluding hydrogens is 280 g/mol. The number of hydrogen-bond acceptors (Lipinski definition) is 4. The first-order chi connectivity index (χ1) is 10.3. The van der Waals surface area contributed by atoms with Gasteiger partial charge in [-0.1, -0.05) is 27.2 Å². The van der Waals surface area contributed by atoms with E-state index in [0.717, 1.165) is 19.1 Å². The molecular formula is C17H28N2O3. The molecule has 5 nitrogen and oxygen atoms in total. The predicted molar refractivity (Wildman–Crippen MR) is 82.6 cm³/mol. The summed E-state index contributed by atoms with van der Waals surface area (Å²) < 4.78 is 0. The number of nitrogens with zero attached hydrogens (tertiary/aromatic N) is 2. The van der Waals surface area contributed by atoms with Crippen molar-refractivity contribution in [3.05, 3.63) is 0 Å².